The predicted octanol–water partition coefficient (Wildman–Crippen LogP) is 3.27. The van der Waals surface area contributed by atoms with Crippen molar-refractivity contribution in [2.75, 3.05) is 0 Å². The molecular formula is C14H18ClN3. The van der Waals surface area contributed by atoms with Crippen molar-refractivity contribution in [3.63, 3.8) is 0 Å². The minimum Gasteiger partial charge on any atom is -0.308 e. The van der Waals surface area contributed by atoms with Gasteiger partial charge in [0.05, 0.1) is 10.7 Å². The number of fused-ring (bicyclic) bond motifs is 1. The normalized spacial score (nSPS) is 23.9. The maximum absolute atomic E-state index is 5.96. The first-order chi connectivity index (χ1) is 8.72. The summed E-state index contributed by atoms with van der Waals surface area (Å²) in [6.07, 6.45) is 7.93. The third-order valence-corrected chi connectivity index (χ3v) is 4.10. The van der Waals surface area contributed by atoms with Crippen LogP contribution in [-0.4, -0.2) is 15.4 Å². The van der Waals surface area contributed by atoms with Crippen LogP contribution in [-0.2, 0) is 6.54 Å². The fraction of sp³-hybridized carbons (Fsp3) is 0.500. The van der Waals surface area contributed by atoms with Crippen LogP contribution < -0.4 is 5.32 Å². The lowest BCUT2D eigenvalue weighted by atomic mass is 10.1. The van der Waals surface area contributed by atoms with E-state index in [4.69, 9.17) is 11.6 Å². The van der Waals surface area contributed by atoms with Crippen molar-refractivity contribution in [2.45, 2.75) is 38.8 Å². The fourth-order valence-corrected chi connectivity index (χ4v) is 2.95. The molecule has 4 heteroatoms. The molecule has 1 saturated carbocycles. The minimum atomic E-state index is 0.651. The van der Waals surface area contributed by atoms with Gasteiger partial charge in [-0.3, -0.25) is 0 Å². The zero-order valence-electron chi connectivity index (χ0n) is 10.6. The van der Waals surface area contributed by atoms with Gasteiger partial charge in [-0.15, -0.1) is 0 Å². The van der Waals surface area contributed by atoms with Crippen molar-refractivity contribution >= 4 is 17.2 Å². The number of pyridine rings is 1. The first-order valence-electron chi connectivity index (χ1n) is 6.59. The molecule has 96 valence electrons. The lowest BCUT2D eigenvalue weighted by molar-refractivity contribution is 0.424. The molecule has 2 aromatic rings. The lowest BCUT2D eigenvalue weighted by Crippen LogP contribution is -2.30. The number of hydrogen-bond donors (Lipinski definition) is 1. The van der Waals surface area contributed by atoms with E-state index < -0.39 is 0 Å². The predicted molar refractivity (Wildman–Crippen MR) is 73.8 cm³/mol. The number of hydrogen-bond acceptors (Lipinski definition) is 2. The molecule has 0 bridgehead atoms. The Balaban J connectivity index is 1.71. The van der Waals surface area contributed by atoms with Gasteiger partial charge in [0.25, 0.3) is 0 Å². The largest absolute Gasteiger partial charge is 0.308 e. The Kier molecular flexibility index (Phi) is 3.27. The van der Waals surface area contributed by atoms with Crippen LogP contribution in [0.2, 0.25) is 5.02 Å². The van der Waals surface area contributed by atoms with Crippen molar-refractivity contribution in [3.8, 4) is 0 Å². The van der Waals surface area contributed by atoms with Crippen LogP contribution in [0.15, 0.2) is 24.5 Å². The molecule has 0 saturated heterocycles. The summed E-state index contributed by atoms with van der Waals surface area (Å²) < 4.78 is 1.98. The number of rotatable bonds is 3. The maximum Gasteiger partial charge on any atom is 0.137 e. The van der Waals surface area contributed by atoms with E-state index in [0.717, 1.165) is 28.8 Å². The van der Waals surface area contributed by atoms with Crippen molar-refractivity contribution < 1.29 is 0 Å². The van der Waals surface area contributed by atoms with E-state index in [-0.39, 0.29) is 0 Å². The zero-order valence-corrected chi connectivity index (χ0v) is 11.3. The third kappa shape index (κ3) is 2.38. The maximum atomic E-state index is 5.96. The number of nitrogens with zero attached hydrogens (tertiary/aromatic N) is 2. The standard InChI is InChI=1S/C14H18ClN3/c1-10-3-2-4-13(10)16-7-12-9-18-8-11(15)5-6-14(18)17-12/h5-6,8-10,13,16H,2-4,7H2,1H3. The van der Waals surface area contributed by atoms with Crippen molar-refractivity contribution in [1.29, 1.82) is 0 Å². The number of imidazole rings is 1. The van der Waals surface area contributed by atoms with E-state index in [9.17, 15) is 0 Å². The molecule has 1 N–H and O–H groups in total. The molecule has 1 aliphatic carbocycles. The summed E-state index contributed by atoms with van der Waals surface area (Å²) in [5, 5.41) is 4.35. The van der Waals surface area contributed by atoms with Gasteiger partial charge in [-0.05, 0) is 30.9 Å². The molecular weight excluding hydrogens is 246 g/mol. The Morgan fingerprint density at radius 3 is 3.06 bits per heavy atom. The quantitative estimate of drug-likeness (QED) is 0.921. The SMILES string of the molecule is CC1CCCC1NCc1cn2cc(Cl)ccc2n1. The molecule has 0 aromatic carbocycles. The van der Waals surface area contributed by atoms with Crippen LogP contribution in [0.3, 0.4) is 0 Å². The molecule has 2 atom stereocenters. The third-order valence-electron chi connectivity index (χ3n) is 3.87. The molecule has 3 rings (SSSR count). The van der Waals surface area contributed by atoms with Gasteiger partial charge in [0.15, 0.2) is 0 Å². The average molecular weight is 264 g/mol. The first-order valence-corrected chi connectivity index (χ1v) is 6.97. The van der Waals surface area contributed by atoms with Crippen LogP contribution in [0.25, 0.3) is 5.65 Å². The van der Waals surface area contributed by atoms with E-state index in [2.05, 4.69) is 17.2 Å². The first kappa shape index (κ1) is 12.0. The summed E-state index contributed by atoms with van der Waals surface area (Å²) >= 11 is 5.96. The monoisotopic (exact) mass is 263 g/mol. The van der Waals surface area contributed by atoms with Crippen molar-refractivity contribution in [2.24, 2.45) is 5.92 Å². The van der Waals surface area contributed by atoms with Crippen LogP contribution >= 0.6 is 11.6 Å². The van der Waals surface area contributed by atoms with Gasteiger partial charge in [0.1, 0.15) is 5.65 Å². The Bertz CT molecular complexity index is 549. The molecule has 0 spiro atoms. The summed E-state index contributed by atoms with van der Waals surface area (Å²) in [5.41, 5.74) is 2.03. The summed E-state index contributed by atoms with van der Waals surface area (Å²) in [4.78, 5) is 4.58. The highest BCUT2D eigenvalue weighted by Crippen LogP contribution is 2.25. The Hall–Kier alpha value is -1.06. The van der Waals surface area contributed by atoms with Gasteiger partial charge in [-0.25, -0.2) is 4.98 Å². The zero-order chi connectivity index (χ0) is 12.5. The highest BCUT2D eigenvalue weighted by atomic mass is 35.5. The Morgan fingerprint density at radius 1 is 1.39 bits per heavy atom. The Labute approximate surface area is 112 Å². The topological polar surface area (TPSA) is 29.3 Å². The highest BCUT2D eigenvalue weighted by molar-refractivity contribution is 6.30. The van der Waals surface area contributed by atoms with E-state index in [0.29, 0.717) is 6.04 Å². The minimum absolute atomic E-state index is 0.651. The smallest absolute Gasteiger partial charge is 0.137 e. The van der Waals surface area contributed by atoms with Gasteiger partial charge in [-0.2, -0.15) is 0 Å². The number of nitrogens with one attached hydrogen (secondary N) is 1. The molecule has 18 heavy (non-hydrogen) atoms. The molecule has 0 aliphatic heterocycles. The number of halogens is 1. The van der Waals surface area contributed by atoms with Crippen molar-refractivity contribution in [1.82, 2.24) is 14.7 Å². The van der Waals surface area contributed by atoms with Gasteiger partial charge in [0, 0.05) is 25.0 Å². The molecule has 3 nitrogen and oxygen atoms in total. The number of aromatic nitrogens is 2. The van der Waals surface area contributed by atoms with E-state index in [1.54, 1.807) is 0 Å². The molecule has 2 unspecified atom stereocenters. The van der Waals surface area contributed by atoms with Gasteiger partial charge in [0.2, 0.25) is 0 Å². The lowest BCUT2D eigenvalue weighted by Gasteiger charge is -2.16. The molecule has 2 heterocycles. The summed E-state index contributed by atoms with van der Waals surface area (Å²) in [6, 6.07) is 4.47. The second-order valence-electron chi connectivity index (χ2n) is 5.24. The molecule has 2 aromatic heterocycles. The second-order valence-corrected chi connectivity index (χ2v) is 5.68. The van der Waals surface area contributed by atoms with Crippen LogP contribution in [0.1, 0.15) is 31.9 Å². The van der Waals surface area contributed by atoms with E-state index in [1.165, 1.54) is 19.3 Å². The molecule has 1 aliphatic rings. The van der Waals surface area contributed by atoms with E-state index in [1.807, 2.05) is 28.9 Å². The Morgan fingerprint density at radius 2 is 2.28 bits per heavy atom. The summed E-state index contributed by atoms with van der Waals surface area (Å²) in [6.45, 7) is 3.17. The van der Waals surface area contributed by atoms with Crippen molar-refractivity contribution in [3.05, 3.63) is 35.2 Å². The van der Waals surface area contributed by atoms with Crippen LogP contribution in [0, 0.1) is 5.92 Å². The summed E-state index contributed by atoms with van der Waals surface area (Å²) in [5.74, 6) is 0.788. The van der Waals surface area contributed by atoms with Gasteiger partial charge in [-0.1, -0.05) is 24.9 Å². The van der Waals surface area contributed by atoms with Gasteiger partial charge < -0.3 is 9.72 Å². The van der Waals surface area contributed by atoms with Crippen LogP contribution in [0.5, 0.6) is 0 Å². The van der Waals surface area contributed by atoms with E-state index >= 15 is 0 Å². The molecule has 0 radical (unpaired) electrons. The summed E-state index contributed by atoms with van der Waals surface area (Å²) in [7, 11) is 0. The average Bonchev–Trinajstić information content (AvgIpc) is 2.92. The van der Waals surface area contributed by atoms with Gasteiger partial charge >= 0.3 is 0 Å². The highest BCUT2D eigenvalue weighted by Gasteiger charge is 2.22. The molecule has 1 fully saturated rings. The fourth-order valence-electron chi connectivity index (χ4n) is 2.79. The second kappa shape index (κ2) is 4.90. The van der Waals surface area contributed by atoms with Crippen LogP contribution in [0.4, 0.5) is 0 Å². The molecule has 0 amide bonds.